The quantitative estimate of drug-likeness (QED) is 0.0205. The maximum atomic E-state index is 12.8. The van der Waals surface area contributed by atoms with Crippen LogP contribution in [-0.2, 0) is 28.5 Å². The zero-order valence-electron chi connectivity index (χ0n) is 37.0. The molecule has 0 amide bonds. The van der Waals surface area contributed by atoms with Crippen LogP contribution in [-0.4, -0.2) is 89.0 Å². The summed E-state index contributed by atoms with van der Waals surface area (Å²) >= 11 is 0. The Morgan fingerprint density at radius 3 is 1.56 bits per heavy atom. The lowest BCUT2D eigenvalue weighted by molar-refractivity contribution is -0.305. The Labute approximate surface area is 358 Å². The van der Waals surface area contributed by atoms with Gasteiger partial charge in [-0.15, -0.1) is 0 Å². The van der Waals surface area contributed by atoms with Crippen molar-refractivity contribution in [3.05, 3.63) is 60.8 Å². The zero-order valence-corrected chi connectivity index (χ0v) is 37.0. The second kappa shape index (κ2) is 39.5. The predicted octanol–water partition coefficient (Wildman–Crippen LogP) is 10.2. The first-order valence-electron chi connectivity index (χ1n) is 23.4. The number of allylic oxidation sites excluding steroid dienone is 10. The van der Waals surface area contributed by atoms with E-state index in [-0.39, 0.29) is 32.0 Å². The van der Waals surface area contributed by atoms with Crippen molar-refractivity contribution < 1.29 is 49.0 Å². The lowest BCUT2D eigenvalue weighted by Gasteiger charge is -2.39. The van der Waals surface area contributed by atoms with Gasteiger partial charge in [-0.3, -0.25) is 9.59 Å². The van der Waals surface area contributed by atoms with Gasteiger partial charge in [0.05, 0.1) is 13.2 Å². The Morgan fingerprint density at radius 2 is 1.02 bits per heavy atom. The average Bonchev–Trinajstić information content (AvgIpc) is 3.23. The molecule has 0 bridgehead atoms. The molecule has 0 spiro atoms. The molecule has 1 rings (SSSR count). The van der Waals surface area contributed by atoms with E-state index in [1.807, 2.05) is 30.4 Å². The average molecular weight is 833 g/mol. The largest absolute Gasteiger partial charge is 0.462 e. The number of esters is 2. The van der Waals surface area contributed by atoms with Crippen molar-refractivity contribution in [1.82, 2.24) is 0 Å². The van der Waals surface area contributed by atoms with Gasteiger partial charge in [-0.05, 0) is 57.8 Å². The van der Waals surface area contributed by atoms with E-state index in [1.54, 1.807) is 0 Å². The van der Waals surface area contributed by atoms with Crippen LogP contribution in [0.5, 0.6) is 0 Å². The Morgan fingerprint density at radius 1 is 0.542 bits per heavy atom. The summed E-state index contributed by atoms with van der Waals surface area (Å²) in [4.78, 5) is 25.4. The van der Waals surface area contributed by atoms with Crippen LogP contribution in [0.15, 0.2) is 60.8 Å². The lowest BCUT2D eigenvalue weighted by atomic mass is 9.99. The number of aliphatic hydroxyl groups is 4. The van der Waals surface area contributed by atoms with Crippen molar-refractivity contribution in [2.45, 2.75) is 218 Å². The highest BCUT2D eigenvalue weighted by Gasteiger charge is 2.44. The Balaban J connectivity index is 2.31. The fourth-order valence-electron chi connectivity index (χ4n) is 6.78. The third-order valence-electron chi connectivity index (χ3n) is 10.5. The zero-order chi connectivity index (χ0) is 43.0. The van der Waals surface area contributed by atoms with E-state index in [2.05, 4.69) is 44.2 Å². The second-order valence-corrected chi connectivity index (χ2v) is 15.9. The van der Waals surface area contributed by atoms with Gasteiger partial charge in [-0.1, -0.05) is 171 Å². The molecule has 2 unspecified atom stereocenters. The third kappa shape index (κ3) is 31.0. The monoisotopic (exact) mass is 833 g/mol. The molecule has 4 N–H and O–H groups in total. The minimum atomic E-state index is -1.60. The summed E-state index contributed by atoms with van der Waals surface area (Å²) in [6.07, 6.45) is 40.8. The molecule has 1 fully saturated rings. The van der Waals surface area contributed by atoms with E-state index < -0.39 is 49.4 Å². The summed E-state index contributed by atoms with van der Waals surface area (Å²) in [5, 5.41) is 40.1. The molecular weight excluding hydrogens is 749 g/mol. The molecule has 10 nitrogen and oxygen atoms in total. The van der Waals surface area contributed by atoms with Crippen molar-refractivity contribution in [2.24, 2.45) is 0 Å². The number of ether oxygens (including phenoxy) is 4. The number of aliphatic hydroxyl groups excluding tert-OH is 4. The smallest absolute Gasteiger partial charge is 0.306 e. The summed E-state index contributed by atoms with van der Waals surface area (Å²) in [7, 11) is 0. The number of rotatable bonds is 38. The first-order chi connectivity index (χ1) is 28.8. The van der Waals surface area contributed by atoms with Gasteiger partial charge in [-0.25, -0.2) is 0 Å². The second-order valence-electron chi connectivity index (χ2n) is 15.9. The van der Waals surface area contributed by atoms with Crippen molar-refractivity contribution in [3.8, 4) is 0 Å². The van der Waals surface area contributed by atoms with Crippen molar-refractivity contribution in [3.63, 3.8) is 0 Å². The van der Waals surface area contributed by atoms with E-state index >= 15 is 0 Å². The maximum absolute atomic E-state index is 12.8. The lowest BCUT2D eigenvalue weighted by Crippen LogP contribution is -2.59. The van der Waals surface area contributed by atoms with Crippen molar-refractivity contribution >= 4 is 11.9 Å². The SMILES string of the molecule is CC/C=C/C=C/C=C/C=C/CCCCCCCC(=O)O[C@@H](COC(=O)CCCCCCCCCCC/C=C/CCCCCCCC)CO[C@H]1O[C@@H](CO)[C@@H](O)C(O)C1O. The molecule has 10 heteroatoms. The molecule has 0 saturated carbocycles. The molecule has 59 heavy (non-hydrogen) atoms. The fourth-order valence-corrected chi connectivity index (χ4v) is 6.78. The van der Waals surface area contributed by atoms with Gasteiger partial charge < -0.3 is 39.4 Å². The molecule has 1 heterocycles. The molecule has 6 atom stereocenters. The highest BCUT2D eigenvalue weighted by molar-refractivity contribution is 5.70. The van der Waals surface area contributed by atoms with Gasteiger partial charge in [0.1, 0.15) is 31.0 Å². The standard InChI is InChI=1S/C49H84O10/c1-3-5-7-9-11-13-15-17-19-20-21-22-24-25-27-29-31-33-35-37-44(51)56-40-42(41-57-49-48(55)47(54)46(53)43(39-50)59-49)58-45(52)38-36-34-32-30-28-26-23-18-16-14-12-10-8-6-4-2/h6,8,10,12,14,16-19,23,42-43,46-50,53-55H,3-5,7,9,11,13,15,20-22,24-41H2,1-2H3/b8-6+,12-10+,16-14+,19-17+,23-18+/t42-,43-,46+,47?,48?,49-/m0/s1. The van der Waals surface area contributed by atoms with E-state index in [0.717, 1.165) is 64.2 Å². The molecular formula is C49H84O10. The minimum Gasteiger partial charge on any atom is -0.462 e. The van der Waals surface area contributed by atoms with Gasteiger partial charge in [0.15, 0.2) is 12.4 Å². The number of hydrogen-bond donors (Lipinski definition) is 4. The van der Waals surface area contributed by atoms with Gasteiger partial charge in [0, 0.05) is 12.8 Å². The topological polar surface area (TPSA) is 152 Å². The molecule has 1 aliphatic rings. The van der Waals surface area contributed by atoms with Gasteiger partial charge in [-0.2, -0.15) is 0 Å². The van der Waals surface area contributed by atoms with Crippen LogP contribution in [0.25, 0.3) is 0 Å². The predicted molar refractivity (Wildman–Crippen MR) is 238 cm³/mol. The molecule has 1 aliphatic heterocycles. The first kappa shape index (κ1) is 54.4. The molecule has 340 valence electrons. The highest BCUT2D eigenvalue weighted by Crippen LogP contribution is 2.22. The van der Waals surface area contributed by atoms with Gasteiger partial charge >= 0.3 is 11.9 Å². The Kier molecular flexibility index (Phi) is 36.5. The van der Waals surface area contributed by atoms with Crippen LogP contribution in [0.3, 0.4) is 0 Å². The van der Waals surface area contributed by atoms with Crippen LogP contribution >= 0.6 is 0 Å². The molecule has 0 aromatic carbocycles. The normalized spacial score (nSPS) is 20.5. The molecule has 0 aliphatic carbocycles. The summed E-state index contributed by atoms with van der Waals surface area (Å²) in [5.74, 6) is -0.838. The molecule has 1 saturated heterocycles. The van der Waals surface area contributed by atoms with Crippen LogP contribution in [0.4, 0.5) is 0 Å². The molecule has 0 aromatic rings. The summed E-state index contributed by atoms with van der Waals surface area (Å²) in [5.41, 5.74) is 0. The summed E-state index contributed by atoms with van der Waals surface area (Å²) < 4.78 is 22.2. The minimum absolute atomic E-state index is 0.201. The summed E-state index contributed by atoms with van der Waals surface area (Å²) in [6.45, 7) is 3.25. The van der Waals surface area contributed by atoms with Crippen molar-refractivity contribution in [2.75, 3.05) is 19.8 Å². The van der Waals surface area contributed by atoms with E-state index in [4.69, 9.17) is 18.9 Å². The number of unbranched alkanes of at least 4 members (excludes halogenated alkanes) is 20. The van der Waals surface area contributed by atoms with Crippen LogP contribution in [0.2, 0.25) is 0 Å². The van der Waals surface area contributed by atoms with E-state index in [9.17, 15) is 30.0 Å². The molecule has 0 radical (unpaired) electrons. The maximum Gasteiger partial charge on any atom is 0.306 e. The van der Waals surface area contributed by atoms with Crippen molar-refractivity contribution in [1.29, 1.82) is 0 Å². The number of hydrogen-bond acceptors (Lipinski definition) is 10. The van der Waals surface area contributed by atoms with Crippen LogP contribution < -0.4 is 0 Å². The van der Waals surface area contributed by atoms with Crippen LogP contribution in [0.1, 0.15) is 181 Å². The van der Waals surface area contributed by atoms with Crippen LogP contribution in [0, 0.1) is 0 Å². The highest BCUT2D eigenvalue weighted by atomic mass is 16.7. The number of carbonyl (C=O) groups is 2. The number of carbonyl (C=O) groups excluding carboxylic acids is 2. The Bertz CT molecular complexity index is 1150. The summed E-state index contributed by atoms with van der Waals surface area (Å²) in [6, 6.07) is 0. The van der Waals surface area contributed by atoms with Gasteiger partial charge in [0.2, 0.25) is 0 Å². The van der Waals surface area contributed by atoms with Gasteiger partial charge in [0.25, 0.3) is 0 Å². The van der Waals surface area contributed by atoms with E-state index in [1.165, 1.54) is 83.5 Å². The molecule has 0 aromatic heterocycles. The fraction of sp³-hybridized carbons (Fsp3) is 0.755. The first-order valence-corrected chi connectivity index (χ1v) is 23.4. The third-order valence-corrected chi connectivity index (χ3v) is 10.5. The van der Waals surface area contributed by atoms with E-state index in [0.29, 0.717) is 6.42 Å². The Hall–Kier alpha value is -2.60.